The number of ether oxygens (including phenoxy) is 2. The van der Waals surface area contributed by atoms with Gasteiger partial charge in [0, 0.05) is 31.2 Å². The monoisotopic (exact) mass is 597 g/mol. The molecule has 1 amide bonds. The van der Waals surface area contributed by atoms with Crippen molar-refractivity contribution >= 4 is 42.6 Å². The van der Waals surface area contributed by atoms with Gasteiger partial charge in [-0.1, -0.05) is 17.4 Å². The van der Waals surface area contributed by atoms with Crippen molar-refractivity contribution < 1.29 is 22.7 Å². The quantitative estimate of drug-likeness (QED) is 0.262. The number of fused-ring (bicyclic) bond motifs is 1. The van der Waals surface area contributed by atoms with Gasteiger partial charge in [0.2, 0.25) is 15.9 Å². The molecule has 2 aromatic carbocycles. The van der Waals surface area contributed by atoms with Crippen LogP contribution in [0.25, 0.3) is 10.2 Å². The van der Waals surface area contributed by atoms with Crippen LogP contribution in [0.3, 0.4) is 0 Å². The van der Waals surface area contributed by atoms with E-state index in [9.17, 15) is 13.2 Å². The summed E-state index contributed by atoms with van der Waals surface area (Å²) in [6.45, 7) is 7.84. The number of sulfonamides is 1. The first kappa shape index (κ1) is 29.0. The normalized spacial score (nSPS) is 14.8. The average molecular weight is 598 g/mol. The molecule has 10 nitrogen and oxygen atoms in total. The first-order chi connectivity index (χ1) is 19.7. The van der Waals surface area contributed by atoms with Crippen LogP contribution in [-0.2, 0) is 21.4 Å². The van der Waals surface area contributed by atoms with Gasteiger partial charge in [0.1, 0.15) is 17.0 Å². The summed E-state index contributed by atoms with van der Waals surface area (Å²) in [6.07, 6.45) is 0.861. The number of carbonyl (C=O) groups excluding carboxylic acids is 1. The van der Waals surface area contributed by atoms with Crippen molar-refractivity contribution in [1.29, 1.82) is 0 Å². The minimum atomic E-state index is -3.67. The number of hydrogen-bond donors (Lipinski definition) is 0. The van der Waals surface area contributed by atoms with Crippen LogP contribution < -0.4 is 14.4 Å². The molecular formula is C29H35N5O5S2. The first-order valence-corrected chi connectivity index (χ1v) is 16.0. The third-order valence-corrected chi connectivity index (χ3v) is 10.3. The molecule has 5 rings (SSSR count). The molecule has 0 N–H and O–H groups in total. The summed E-state index contributed by atoms with van der Waals surface area (Å²) >= 11 is 1.46. The molecule has 218 valence electrons. The van der Waals surface area contributed by atoms with Crippen LogP contribution in [0, 0.1) is 19.8 Å². The number of benzene rings is 2. The molecule has 1 fully saturated rings. The standard InChI is InChI=1S/C29H35N5O5S2/c1-5-39-25-7-6-8-26-27(25)30-29(40-26)33(17-18-34-21(3)19-20(2)31-34)28(35)22-13-15-32(16-14-22)41(36,37)24-11-9-23(38-4)10-12-24/h6-12,19,22H,5,13-18H2,1-4H3. The van der Waals surface area contributed by atoms with E-state index in [1.807, 2.05) is 49.7 Å². The fourth-order valence-corrected chi connectivity index (χ4v) is 7.64. The topological polar surface area (TPSA) is 107 Å². The number of aromatic nitrogens is 3. The highest BCUT2D eigenvalue weighted by atomic mass is 32.2. The highest BCUT2D eigenvalue weighted by molar-refractivity contribution is 7.89. The van der Waals surface area contributed by atoms with Crippen LogP contribution in [0.15, 0.2) is 53.4 Å². The fraction of sp³-hybridized carbons (Fsp3) is 0.414. The molecule has 4 aromatic rings. The molecule has 0 atom stereocenters. The zero-order valence-corrected chi connectivity index (χ0v) is 25.4. The van der Waals surface area contributed by atoms with E-state index in [1.54, 1.807) is 29.2 Å². The summed E-state index contributed by atoms with van der Waals surface area (Å²) in [6, 6.07) is 14.2. The van der Waals surface area contributed by atoms with Gasteiger partial charge in [-0.05, 0) is 76.1 Å². The van der Waals surface area contributed by atoms with Gasteiger partial charge in [0.05, 0.1) is 35.6 Å². The molecule has 0 bridgehead atoms. The molecule has 1 saturated heterocycles. The van der Waals surface area contributed by atoms with Crippen LogP contribution in [-0.4, -0.2) is 66.7 Å². The van der Waals surface area contributed by atoms with Crippen molar-refractivity contribution in [2.75, 3.05) is 38.3 Å². The summed E-state index contributed by atoms with van der Waals surface area (Å²) in [5, 5.41) is 5.17. The number of anilines is 1. The predicted octanol–water partition coefficient (Wildman–Crippen LogP) is 4.65. The fourth-order valence-electron chi connectivity index (χ4n) is 5.16. The molecule has 41 heavy (non-hydrogen) atoms. The first-order valence-electron chi connectivity index (χ1n) is 13.7. The maximum absolute atomic E-state index is 14.0. The van der Waals surface area contributed by atoms with Crippen molar-refractivity contribution in [1.82, 2.24) is 19.1 Å². The number of carbonyl (C=O) groups is 1. The number of piperidine rings is 1. The Morgan fingerprint density at radius 1 is 1.12 bits per heavy atom. The maximum atomic E-state index is 14.0. The summed E-state index contributed by atoms with van der Waals surface area (Å²) in [5.74, 6) is 0.911. The summed E-state index contributed by atoms with van der Waals surface area (Å²) in [5.41, 5.74) is 2.68. The number of aryl methyl sites for hydroxylation is 2. The van der Waals surface area contributed by atoms with Crippen LogP contribution in [0.4, 0.5) is 5.13 Å². The van der Waals surface area contributed by atoms with E-state index < -0.39 is 10.0 Å². The van der Waals surface area contributed by atoms with Gasteiger partial charge in [0.25, 0.3) is 0 Å². The maximum Gasteiger partial charge on any atom is 0.243 e. The van der Waals surface area contributed by atoms with Crippen LogP contribution in [0.5, 0.6) is 11.5 Å². The molecule has 0 aliphatic carbocycles. The molecule has 2 aromatic heterocycles. The molecule has 0 radical (unpaired) electrons. The van der Waals surface area contributed by atoms with Gasteiger partial charge in [-0.2, -0.15) is 9.40 Å². The SMILES string of the molecule is CCOc1cccc2sc(N(CCn3nc(C)cc3C)C(=O)C3CCN(S(=O)(=O)c4ccc(OC)cc4)CC3)nc12. The smallest absolute Gasteiger partial charge is 0.243 e. The third kappa shape index (κ3) is 6.09. The zero-order valence-electron chi connectivity index (χ0n) is 23.7. The van der Waals surface area contributed by atoms with Crippen LogP contribution >= 0.6 is 11.3 Å². The van der Waals surface area contributed by atoms with E-state index in [0.717, 1.165) is 21.6 Å². The Bertz CT molecular complexity index is 1620. The molecule has 1 aliphatic heterocycles. The van der Waals surface area contributed by atoms with E-state index in [1.165, 1.54) is 22.8 Å². The lowest BCUT2D eigenvalue weighted by atomic mass is 9.96. The van der Waals surface area contributed by atoms with E-state index >= 15 is 0 Å². The number of amides is 1. The lowest BCUT2D eigenvalue weighted by Gasteiger charge is -2.33. The van der Waals surface area contributed by atoms with Crippen LogP contribution in [0.2, 0.25) is 0 Å². The zero-order chi connectivity index (χ0) is 29.1. The Hall–Kier alpha value is -3.48. The highest BCUT2D eigenvalue weighted by Crippen LogP contribution is 2.36. The number of nitrogens with zero attached hydrogens (tertiary/aromatic N) is 5. The van der Waals surface area contributed by atoms with Gasteiger partial charge in [-0.25, -0.2) is 13.4 Å². The second-order valence-electron chi connectivity index (χ2n) is 10.0. The van der Waals surface area contributed by atoms with Gasteiger partial charge < -0.3 is 9.47 Å². The molecule has 3 heterocycles. The second-order valence-corrected chi connectivity index (χ2v) is 13.0. The van der Waals surface area contributed by atoms with Crippen molar-refractivity contribution in [3.63, 3.8) is 0 Å². The average Bonchev–Trinajstić information content (AvgIpc) is 3.55. The Labute approximate surface area is 244 Å². The second kappa shape index (κ2) is 12.2. The Morgan fingerprint density at radius 2 is 1.85 bits per heavy atom. The number of thiazole rings is 1. The van der Waals surface area contributed by atoms with E-state index in [4.69, 9.17) is 14.5 Å². The van der Waals surface area contributed by atoms with Crippen LogP contribution in [0.1, 0.15) is 31.2 Å². The van der Waals surface area contributed by atoms with Crippen molar-refractivity contribution in [3.05, 3.63) is 59.9 Å². The Morgan fingerprint density at radius 3 is 2.49 bits per heavy atom. The summed E-state index contributed by atoms with van der Waals surface area (Å²) < 4.78 is 41.8. The number of hydrogen-bond acceptors (Lipinski definition) is 8. The summed E-state index contributed by atoms with van der Waals surface area (Å²) in [7, 11) is -2.13. The molecule has 0 spiro atoms. The third-order valence-electron chi connectivity index (χ3n) is 7.31. The van der Waals surface area contributed by atoms with Gasteiger partial charge in [-0.15, -0.1) is 0 Å². The number of rotatable bonds is 10. The Kier molecular flexibility index (Phi) is 8.62. The number of para-hydroxylation sites is 1. The van der Waals surface area contributed by atoms with Crippen molar-refractivity contribution in [3.8, 4) is 11.5 Å². The predicted molar refractivity (Wildman–Crippen MR) is 159 cm³/mol. The van der Waals surface area contributed by atoms with E-state index in [-0.39, 0.29) is 29.8 Å². The lowest BCUT2D eigenvalue weighted by molar-refractivity contribution is -0.123. The summed E-state index contributed by atoms with van der Waals surface area (Å²) in [4.78, 5) is 20.9. The largest absolute Gasteiger partial charge is 0.497 e. The molecule has 0 saturated carbocycles. The molecule has 12 heteroatoms. The van der Waals surface area contributed by atoms with E-state index in [0.29, 0.717) is 49.2 Å². The number of methoxy groups -OCH3 is 1. The Balaban J connectivity index is 1.36. The minimum absolute atomic E-state index is 0.0509. The van der Waals surface area contributed by atoms with Crippen molar-refractivity contribution in [2.45, 2.75) is 45.1 Å². The van der Waals surface area contributed by atoms with E-state index in [2.05, 4.69) is 5.10 Å². The molecule has 1 aliphatic rings. The highest BCUT2D eigenvalue weighted by Gasteiger charge is 2.35. The molecular weight excluding hydrogens is 562 g/mol. The van der Waals surface area contributed by atoms with Gasteiger partial charge in [0.15, 0.2) is 5.13 Å². The minimum Gasteiger partial charge on any atom is -0.497 e. The van der Waals surface area contributed by atoms with Gasteiger partial charge >= 0.3 is 0 Å². The lowest BCUT2D eigenvalue weighted by Crippen LogP contribution is -2.45. The van der Waals surface area contributed by atoms with Crippen molar-refractivity contribution in [2.24, 2.45) is 5.92 Å². The molecule has 0 unspecified atom stereocenters. The van der Waals surface area contributed by atoms with Gasteiger partial charge in [-0.3, -0.25) is 14.4 Å².